The standard InChI is InChI=1S/C25H41N3O/c1-6-27-28(26-5)16-23(29)22-10-9-20-19-8-7-18-15-17(2)11-13-24(18,3)21(19)12-14-25(20,22)4/h6,17-22H,5,7-16H2,1-4H3/b27-6-. The van der Waals surface area contributed by atoms with Crippen molar-refractivity contribution in [2.24, 2.45) is 56.5 Å². The normalized spacial score (nSPS) is 46.6. The van der Waals surface area contributed by atoms with E-state index in [0.717, 1.165) is 36.0 Å². The van der Waals surface area contributed by atoms with Crippen LogP contribution in [0.2, 0.25) is 0 Å². The molecule has 4 aliphatic carbocycles. The first-order valence-electron chi connectivity index (χ1n) is 12.1. The van der Waals surface area contributed by atoms with E-state index in [1.165, 1.54) is 56.5 Å². The van der Waals surface area contributed by atoms with Crippen LogP contribution in [0.5, 0.6) is 0 Å². The highest BCUT2D eigenvalue weighted by molar-refractivity contribution is 5.84. The first-order chi connectivity index (χ1) is 13.8. The highest BCUT2D eigenvalue weighted by atomic mass is 16.1. The van der Waals surface area contributed by atoms with Crippen molar-refractivity contribution >= 4 is 18.7 Å². The third-order valence-corrected chi connectivity index (χ3v) is 10.0. The zero-order chi connectivity index (χ0) is 20.8. The summed E-state index contributed by atoms with van der Waals surface area (Å²) in [5.41, 5.74) is 0.727. The van der Waals surface area contributed by atoms with Crippen LogP contribution in [-0.4, -0.2) is 30.4 Å². The lowest BCUT2D eigenvalue weighted by Crippen LogP contribution is -2.54. The average molecular weight is 400 g/mol. The Morgan fingerprint density at radius 3 is 2.52 bits per heavy atom. The van der Waals surface area contributed by atoms with Gasteiger partial charge in [0.25, 0.3) is 0 Å². The summed E-state index contributed by atoms with van der Waals surface area (Å²) in [6, 6.07) is 0. The zero-order valence-electron chi connectivity index (χ0n) is 19.1. The third-order valence-electron chi connectivity index (χ3n) is 10.0. The quantitative estimate of drug-likeness (QED) is 0.435. The van der Waals surface area contributed by atoms with Crippen LogP contribution in [0, 0.1) is 46.3 Å². The van der Waals surface area contributed by atoms with Crippen molar-refractivity contribution in [3.63, 3.8) is 0 Å². The molecule has 0 aromatic heterocycles. The van der Waals surface area contributed by atoms with Crippen LogP contribution in [0.4, 0.5) is 0 Å². The van der Waals surface area contributed by atoms with Gasteiger partial charge in [-0.3, -0.25) is 4.79 Å². The Morgan fingerprint density at radius 1 is 1.07 bits per heavy atom. The molecule has 0 aliphatic heterocycles. The maximum absolute atomic E-state index is 13.2. The molecule has 29 heavy (non-hydrogen) atoms. The van der Waals surface area contributed by atoms with Gasteiger partial charge >= 0.3 is 0 Å². The number of carbonyl (C=O) groups is 1. The molecule has 4 aliphatic rings. The number of hydrogen-bond acceptors (Lipinski definition) is 4. The minimum absolute atomic E-state index is 0.168. The lowest BCUT2D eigenvalue weighted by Gasteiger charge is -2.61. The Hall–Kier alpha value is -1.19. The maximum atomic E-state index is 13.2. The van der Waals surface area contributed by atoms with Crippen molar-refractivity contribution in [1.29, 1.82) is 0 Å². The molecule has 0 bridgehead atoms. The van der Waals surface area contributed by atoms with Gasteiger partial charge in [0.2, 0.25) is 0 Å². The second-order valence-electron chi connectivity index (χ2n) is 11.2. The molecule has 8 unspecified atom stereocenters. The molecule has 0 saturated heterocycles. The summed E-state index contributed by atoms with van der Waals surface area (Å²) in [5.74, 6) is 4.79. The van der Waals surface area contributed by atoms with Gasteiger partial charge in [-0.2, -0.15) is 15.3 Å². The largest absolute Gasteiger partial charge is 0.297 e. The molecule has 0 radical (unpaired) electrons. The van der Waals surface area contributed by atoms with Gasteiger partial charge in [-0.25, -0.2) is 0 Å². The summed E-state index contributed by atoms with van der Waals surface area (Å²) in [6.07, 6.45) is 13.7. The predicted octanol–water partition coefficient (Wildman–Crippen LogP) is 5.77. The third kappa shape index (κ3) is 3.39. The Morgan fingerprint density at radius 2 is 1.79 bits per heavy atom. The van der Waals surface area contributed by atoms with Gasteiger partial charge in [0.1, 0.15) is 6.54 Å². The van der Waals surface area contributed by atoms with E-state index in [4.69, 9.17) is 0 Å². The SMILES string of the molecule is C=NN(CC(=O)C1CCC2C3CCC4CC(C)CCC4(C)C3CCC12C)/N=C\C. The van der Waals surface area contributed by atoms with Crippen LogP contribution >= 0.6 is 0 Å². The van der Waals surface area contributed by atoms with Gasteiger partial charge in [0, 0.05) is 18.9 Å². The van der Waals surface area contributed by atoms with Crippen LogP contribution < -0.4 is 0 Å². The van der Waals surface area contributed by atoms with E-state index in [1.54, 1.807) is 6.21 Å². The molecule has 0 spiro atoms. The number of Topliss-reactive ketones (excluding diaryl/α,β-unsaturated/α-hetero) is 1. The van der Waals surface area contributed by atoms with Crippen LogP contribution in [0.1, 0.15) is 85.5 Å². The van der Waals surface area contributed by atoms with Gasteiger partial charge in [0.15, 0.2) is 5.78 Å². The molecule has 4 nitrogen and oxygen atoms in total. The van der Waals surface area contributed by atoms with Gasteiger partial charge in [-0.05, 0) is 98.7 Å². The molecule has 0 N–H and O–H groups in total. The summed E-state index contributed by atoms with van der Waals surface area (Å²) in [7, 11) is 0. The average Bonchev–Trinajstić information content (AvgIpc) is 3.05. The minimum Gasteiger partial charge on any atom is -0.297 e. The number of ketones is 1. The van der Waals surface area contributed by atoms with Crippen molar-refractivity contribution in [3.8, 4) is 0 Å². The van der Waals surface area contributed by atoms with Crippen molar-refractivity contribution in [3.05, 3.63) is 0 Å². The number of hydrazone groups is 2. The molecule has 162 valence electrons. The molecule has 4 fully saturated rings. The molecule has 0 heterocycles. The summed E-state index contributed by atoms with van der Waals surface area (Å²) in [4.78, 5) is 13.2. The number of nitrogens with zero attached hydrogens (tertiary/aromatic N) is 3. The van der Waals surface area contributed by atoms with E-state index in [2.05, 4.69) is 37.7 Å². The summed E-state index contributed by atoms with van der Waals surface area (Å²) >= 11 is 0. The number of rotatable bonds is 5. The molecule has 0 amide bonds. The smallest absolute Gasteiger partial charge is 0.159 e. The Balaban J connectivity index is 1.51. The number of fused-ring (bicyclic) bond motifs is 5. The van der Waals surface area contributed by atoms with E-state index in [-0.39, 0.29) is 17.9 Å². The molecule has 0 aromatic rings. The van der Waals surface area contributed by atoms with E-state index in [0.29, 0.717) is 11.2 Å². The molecule has 4 saturated carbocycles. The van der Waals surface area contributed by atoms with E-state index >= 15 is 0 Å². The van der Waals surface area contributed by atoms with Gasteiger partial charge in [-0.15, -0.1) is 0 Å². The van der Waals surface area contributed by atoms with Gasteiger partial charge in [-0.1, -0.05) is 27.2 Å². The van der Waals surface area contributed by atoms with E-state index < -0.39 is 0 Å². The van der Waals surface area contributed by atoms with Crippen LogP contribution in [-0.2, 0) is 4.79 Å². The second kappa shape index (κ2) is 7.81. The number of carbonyl (C=O) groups excluding carboxylic acids is 1. The Bertz CT molecular complexity index is 675. The Kier molecular flexibility index (Phi) is 5.67. The van der Waals surface area contributed by atoms with E-state index in [9.17, 15) is 4.79 Å². The predicted molar refractivity (Wildman–Crippen MR) is 120 cm³/mol. The fourth-order valence-electron chi connectivity index (χ4n) is 8.51. The van der Waals surface area contributed by atoms with Crippen molar-refractivity contribution < 1.29 is 4.79 Å². The summed E-state index contributed by atoms with van der Waals surface area (Å²) < 4.78 is 0. The highest BCUT2D eigenvalue weighted by Crippen LogP contribution is 2.67. The number of hydrogen-bond donors (Lipinski definition) is 0. The van der Waals surface area contributed by atoms with Crippen LogP contribution in [0.25, 0.3) is 0 Å². The van der Waals surface area contributed by atoms with Gasteiger partial charge in [0.05, 0.1) is 0 Å². The monoisotopic (exact) mass is 399 g/mol. The van der Waals surface area contributed by atoms with Crippen molar-refractivity contribution in [2.45, 2.75) is 85.5 Å². The first-order valence-corrected chi connectivity index (χ1v) is 12.1. The Labute approximate surface area is 177 Å². The van der Waals surface area contributed by atoms with Gasteiger partial charge < -0.3 is 0 Å². The fourth-order valence-corrected chi connectivity index (χ4v) is 8.51. The molecule has 0 aromatic carbocycles. The molecular formula is C25H41N3O. The maximum Gasteiger partial charge on any atom is 0.159 e. The minimum atomic E-state index is 0.168. The second-order valence-corrected chi connectivity index (χ2v) is 11.2. The first kappa shape index (κ1) is 21.1. The highest BCUT2D eigenvalue weighted by Gasteiger charge is 2.60. The summed E-state index contributed by atoms with van der Waals surface area (Å²) in [5, 5.41) is 9.53. The molecular weight excluding hydrogens is 358 g/mol. The van der Waals surface area contributed by atoms with Crippen molar-refractivity contribution in [2.75, 3.05) is 6.54 Å². The summed E-state index contributed by atoms with van der Waals surface area (Å²) in [6.45, 7) is 13.2. The fraction of sp³-hybridized carbons (Fsp3) is 0.880. The van der Waals surface area contributed by atoms with Crippen LogP contribution in [0.3, 0.4) is 0 Å². The van der Waals surface area contributed by atoms with Crippen molar-refractivity contribution in [1.82, 2.24) is 5.12 Å². The molecule has 4 heteroatoms. The lowest BCUT2D eigenvalue weighted by atomic mass is 9.44. The molecule has 8 atom stereocenters. The topological polar surface area (TPSA) is 45.0 Å². The van der Waals surface area contributed by atoms with Crippen LogP contribution in [0.15, 0.2) is 10.2 Å². The molecule has 4 rings (SSSR count). The van der Waals surface area contributed by atoms with E-state index in [1.807, 2.05) is 6.92 Å². The lowest BCUT2D eigenvalue weighted by molar-refractivity contribution is -0.137. The zero-order valence-corrected chi connectivity index (χ0v) is 19.1.